The van der Waals surface area contributed by atoms with Gasteiger partial charge in [0.2, 0.25) is 0 Å². The SMILES string of the molecule is C[C@@H]1CCc2c(sc3nc([C@@H](C)OC(=O)Cc4ccsc4)[nH]c(=O)c23)C1. The minimum Gasteiger partial charge on any atom is -0.454 e. The van der Waals surface area contributed by atoms with E-state index >= 15 is 0 Å². The van der Waals surface area contributed by atoms with Crippen LogP contribution in [0.15, 0.2) is 21.6 Å². The summed E-state index contributed by atoms with van der Waals surface area (Å²) in [5.41, 5.74) is 1.97. The Morgan fingerprint density at radius 3 is 3.12 bits per heavy atom. The maximum Gasteiger partial charge on any atom is 0.310 e. The summed E-state index contributed by atoms with van der Waals surface area (Å²) >= 11 is 3.15. The summed E-state index contributed by atoms with van der Waals surface area (Å²) in [6, 6.07) is 1.90. The number of carbonyl (C=O) groups excluding carboxylic acids is 1. The fourth-order valence-electron chi connectivity index (χ4n) is 3.41. The van der Waals surface area contributed by atoms with Crippen LogP contribution in [0.3, 0.4) is 0 Å². The van der Waals surface area contributed by atoms with E-state index < -0.39 is 6.10 Å². The molecule has 1 aliphatic rings. The standard InChI is InChI=1S/C19H20N2O3S2/c1-10-3-4-13-14(7-10)26-19-16(13)18(23)20-17(21-19)11(2)24-15(22)8-12-5-6-25-9-12/h5-6,9-11H,3-4,7-8H2,1-2H3,(H,20,21,23)/t10-,11-/m1/s1. The van der Waals surface area contributed by atoms with Gasteiger partial charge in [-0.25, -0.2) is 4.98 Å². The second-order valence-electron chi connectivity index (χ2n) is 6.92. The Hall–Kier alpha value is -1.99. The van der Waals surface area contributed by atoms with Crippen LogP contribution in [-0.4, -0.2) is 15.9 Å². The third kappa shape index (κ3) is 3.33. The second-order valence-corrected chi connectivity index (χ2v) is 8.79. The molecule has 5 nitrogen and oxygen atoms in total. The van der Waals surface area contributed by atoms with Crippen molar-refractivity contribution in [2.24, 2.45) is 5.92 Å². The van der Waals surface area contributed by atoms with Crippen LogP contribution in [0.25, 0.3) is 10.2 Å². The fraction of sp³-hybridized carbons (Fsp3) is 0.421. The van der Waals surface area contributed by atoms with Crippen molar-refractivity contribution in [3.8, 4) is 0 Å². The lowest BCUT2D eigenvalue weighted by atomic mass is 9.89. The van der Waals surface area contributed by atoms with Crippen molar-refractivity contribution < 1.29 is 9.53 Å². The molecule has 7 heteroatoms. The summed E-state index contributed by atoms with van der Waals surface area (Å²) in [6.07, 6.45) is 2.70. The van der Waals surface area contributed by atoms with Crippen LogP contribution in [0.5, 0.6) is 0 Å². The Balaban J connectivity index is 1.58. The molecule has 0 fully saturated rings. The number of nitrogens with one attached hydrogen (secondary N) is 1. The van der Waals surface area contributed by atoms with Gasteiger partial charge in [0.25, 0.3) is 5.56 Å². The van der Waals surface area contributed by atoms with Crippen molar-refractivity contribution in [2.45, 2.75) is 45.6 Å². The van der Waals surface area contributed by atoms with Crippen molar-refractivity contribution in [3.63, 3.8) is 0 Å². The molecular formula is C19H20N2O3S2. The lowest BCUT2D eigenvalue weighted by Gasteiger charge is -2.17. The normalized spacial score (nSPS) is 17.8. The van der Waals surface area contributed by atoms with Gasteiger partial charge >= 0.3 is 5.97 Å². The molecule has 0 saturated heterocycles. The number of aromatic amines is 1. The Labute approximate surface area is 159 Å². The van der Waals surface area contributed by atoms with E-state index in [1.807, 2.05) is 16.8 Å². The van der Waals surface area contributed by atoms with Gasteiger partial charge in [-0.2, -0.15) is 11.3 Å². The summed E-state index contributed by atoms with van der Waals surface area (Å²) in [5, 5.41) is 4.57. The van der Waals surface area contributed by atoms with E-state index in [0.29, 0.717) is 11.7 Å². The number of aryl methyl sites for hydroxylation is 1. The number of carbonyl (C=O) groups is 1. The van der Waals surface area contributed by atoms with E-state index in [2.05, 4.69) is 16.9 Å². The maximum atomic E-state index is 12.6. The zero-order valence-corrected chi connectivity index (χ0v) is 16.3. The fourth-order valence-corrected chi connectivity index (χ4v) is 5.47. The molecule has 0 aromatic carbocycles. The highest BCUT2D eigenvalue weighted by Gasteiger charge is 2.24. The van der Waals surface area contributed by atoms with Crippen LogP contribution in [0.1, 0.15) is 48.2 Å². The molecule has 136 valence electrons. The molecular weight excluding hydrogens is 368 g/mol. The Morgan fingerprint density at radius 1 is 1.50 bits per heavy atom. The van der Waals surface area contributed by atoms with E-state index in [1.165, 1.54) is 4.88 Å². The molecule has 26 heavy (non-hydrogen) atoms. The molecule has 0 amide bonds. The van der Waals surface area contributed by atoms with Crippen LogP contribution in [0, 0.1) is 5.92 Å². The van der Waals surface area contributed by atoms with Crippen LogP contribution in [0.2, 0.25) is 0 Å². The molecule has 3 aromatic heterocycles. The first-order valence-corrected chi connectivity index (χ1v) is 10.5. The molecule has 0 aliphatic heterocycles. The number of fused-ring (bicyclic) bond motifs is 3. The number of hydrogen-bond acceptors (Lipinski definition) is 6. The van der Waals surface area contributed by atoms with Gasteiger partial charge in [0.05, 0.1) is 11.8 Å². The Bertz CT molecular complexity index is 1000. The van der Waals surface area contributed by atoms with Gasteiger partial charge in [-0.3, -0.25) is 9.59 Å². The second kappa shape index (κ2) is 6.96. The molecule has 1 aliphatic carbocycles. The summed E-state index contributed by atoms with van der Waals surface area (Å²) in [4.78, 5) is 34.2. The lowest BCUT2D eigenvalue weighted by molar-refractivity contribution is -0.148. The Kier molecular flexibility index (Phi) is 4.67. The van der Waals surface area contributed by atoms with E-state index in [0.717, 1.165) is 40.6 Å². The molecule has 3 aromatic rings. The number of hydrogen-bond donors (Lipinski definition) is 1. The first-order chi connectivity index (χ1) is 12.5. The topological polar surface area (TPSA) is 72.0 Å². The van der Waals surface area contributed by atoms with Crippen LogP contribution in [0.4, 0.5) is 0 Å². The van der Waals surface area contributed by atoms with Crippen LogP contribution < -0.4 is 5.56 Å². The smallest absolute Gasteiger partial charge is 0.310 e. The van der Waals surface area contributed by atoms with Gasteiger partial charge in [0, 0.05) is 4.88 Å². The highest BCUT2D eigenvalue weighted by atomic mass is 32.1. The van der Waals surface area contributed by atoms with E-state index in [1.54, 1.807) is 29.6 Å². The number of thiophene rings is 2. The largest absolute Gasteiger partial charge is 0.454 e. The quantitative estimate of drug-likeness (QED) is 0.685. The van der Waals surface area contributed by atoms with Gasteiger partial charge in [-0.1, -0.05) is 6.92 Å². The predicted octanol–water partition coefficient (Wildman–Crippen LogP) is 4.02. The molecule has 3 heterocycles. The van der Waals surface area contributed by atoms with E-state index in [4.69, 9.17) is 4.74 Å². The molecule has 0 spiro atoms. The third-order valence-corrected chi connectivity index (χ3v) is 6.69. The average molecular weight is 389 g/mol. The maximum absolute atomic E-state index is 12.6. The summed E-state index contributed by atoms with van der Waals surface area (Å²) in [7, 11) is 0. The molecule has 0 saturated carbocycles. The molecule has 1 N–H and O–H groups in total. The number of H-pyrrole nitrogens is 1. The summed E-state index contributed by atoms with van der Waals surface area (Å²) in [5.74, 6) is 0.733. The molecule has 0 bridgehead atoms. The molecule has 0 radical (unpaired) electrons. The minimum atomic E-state index is -0.587. The predicted molar refractivity (Wildman–Crippen MR) is 104 cm³/mol. The van der Waals surface area contributed by atoms with Crippen molar-refractivity contribution in [1.29, 1.82) is 0 Å². The number of ether oxygens (including phenoxy) is 1. The highest BCUT2D eigenvalue weighted by molar-refractivity contribution is 7.18. The number of esters is 1. The van der Waals surface area contributed by atoms with Crippen LogP contribution >= 0.6 is 22.7 Å². The first kappa shape index (κ1) is 17.4. The molecule has 4 rings (SSSR count). The minimum absolute atomic E-state index is 0.127. The Morgan fingerprint density at radius 2 is 2.35 bits per heavy atom. The van der Waals surface area contributed by atoms with Crippen molar-refractivity contribution in [2.75, 3.05) is 0 Å². The van der Waals surface area contributed by atoms with Gasteiger partial charge in [-0.15, -0.1) is 11.3 Å². The molecule has 0 unspecified atom stereocenters. The zero-order valence-electron chi connectivity index (χ0n) is 14.7. The highest BCUT2D eigenvalue weighted by Crippen LogP contribution is 2.35. The van der Waals surface area contributed by atoms with Crippen LogP contribution in [-0.2, 0) is 28.8 Å². The van der Waals surface area contributed by atoms with E-state index in [9.17, 15) is 9.59 Å². The zero-order chi connectivity index (χ0) is 18.3. The van der Waals surface area contributed by atoms with Crippen molar-refractivity contribution in [1.82, 2.24) is 9.97 Å². The van der Waals surface area contributed by atoms with Gasteiger partial charge < -0.3 is 9.72 Å². The van der Waals surface area contributed by atoms with Gasteiger partial charge in [0.15, 0.2) is 11.9 Å². The summed E-state index contributed by atoms with van der Waals surface area (Å²) < 4.78 is 5.47. The lowest BCUT2D eigenvalue weighted by Crippen LogP contribution is -2.18. The third-order valence-electron chi connectivity index (χ3n) is 4.81. The van der Waals surface area contributed by atoms with E-state index in [-0.39, 0.29) is 17.9 Å². The van der Waals surface area contributed by atoms with Gasteiger partial charge in [-0.05, 0) is 60.1 Å². The molecule has 2 atom stereocenters. The van der Waals surface area contributed by atoms with Crippen molar-refractivity contribution >= 4 is 38.9 Å². The number of aromatic nitrogens is 2. The van der Waals surface area contributed by atoms with Gasteiger partial charge in [0.1, 0.15) is 4.83 Å². The number of nitrogens with zero attached hydrogens (tertiary/aromatic N) is 1. The summed E-state index contributed by atoms with van der Waals surface area (Å²) in [6.45, 7) is 3.98. The monoisotopic (exact) mass is 388 g/mol. The first-order valence-electron chi connectivity index (χ1n) is 8.76. The van der Waals surface area contributed by atoms with Crippen molar-refractivity contribution in [3.05, 3.63) is 49.0 Å². The average Bonchev–Trinajstić information content (AvgIpc) is 3.21. The number of rotatable bonds is 4.